The zero-order valence-electron chi connectivity index (χ0n) is 28.1. The van der Waals surface area contributed by atoms with E-state index in [-0.39, 0.29) is 147 Å². The smallest absolute Gasteiger partial charge is 0.387 e. The van der Waals surface area contributed by atoms with Gasteiger partial charge in [0.1, 0.15) is 48.5 Å². The van der Waals surface area contributed by atoms with E-state index in [1.807, 2.05) is 0 Å². The first-order valence-corrected chi connectivity index (χ1v) is 18.0. The summed E-state index contributed by atoms with van der Waals surface area (Å²) in [5.74, 6) is -0.791. The fraction of sp³-hybridized carbons (Fsp3) is 0.524. The summed E-state index contributed by atoms with van der Waals surface area (Å²) >= 11 is 0. The zero-order valence-corrected chi connectivity index (χ0v) is 38.8. The number of ether oxygens (including phenoxy) is 2. The van der Waals surface area contributed by atoms with Gasteiger partial charge in [-0.2, -0.15) is 4.31 Å². The van der Waals surface area contributed by atoms with Crippen molar-refractivity contribution in [2.45, 2.75) is 55.5 Å². The molecule has 2 fully saturated rings. The molecule has 7 unspecified atom stereocenters. The number of imidazole rings is 1. The van der Waals surface area contributed by atoms with Crippen LogP contribution in [0.15, 0.2) is 36.7 Å². The van der Waals surface area contributed by atoms with Crippen LogP contribution in [0.25, 0.3) is 11.2 Å². The molecule has 0 aromatic carbocycles. The van der Waals surface area contributed by atoms with Crippen LogP contribution in [0.3, 0.4) is 0 Å². The van der Waals surface area contributed by atoms with E-state index in [0.717, 1.165) is 17.2 Å². The fourth-order valence-corrected chi connectivity index (χ4v) is 7.57. The Hall–Kier alpha value is 1.27. The summed E-state index contributed by atoms with van der Waals surface area (Å²) in [6.45, 7) is -2.02. The second-order valence-corrected chi connectivity index (χ2v) is 14.6. The van der Waals surface area contributed by atoms with E-state index < -0.39 is 91.7 Å². The van der Waals surface area contributed by atoms with Crippen LogP contribution in [0, 0.1) is 0 Å². The van der Waals surface area contributed by atoms with Crippen molar-refractivity contribution in [2.24, 2.45) is 5.73 Å². The van der Waals surface area contributed by atoms with Gasteiger partial charge in [0.15, 0.2) is 23.9 Å². The maximum absolute atomic E-state index is 12.6. The maximum Gasteiger partial charge on any atom is 1.00 e. The Labute approximate surface area is 382 Å². The predicted octanol–water partition coefficient (Wildman–Crippen LogP) is -14.6. The average molecular weight is 837 g/mol. The Morgan fingerprint density at radius 1 is 0.885 bits per heavy atom. The minimum absolute atomic E-state index is 0. The second-order valence-electron chi connectivity index (χ2n) is 10.4. The third-order valence-corrected chi connectivity index (χ3v) is 10.2. The summed E-state index contributed by atoms with van der Waals surface area (Å²) in [4.78, 5) is 63.4. The standard InChI is InChI=1S/C21H30N7O17P3.4Na/c22-17-12-19(25-7-24-17)28(8-26-12)21-16(44-46(33,34)35)14(30)11(43-21)6-41-48(38,39)45-47(36,37)40-5-10-13(29)15(31)20(42-10)27-3-1-2-9(4-27)18(23)32;;;;/h1,3-4,7-8,10-11,13-16,20-21,29-31H,2,5-6H2,(H2,23,32)(H,36,37)(H,38,39)(H2,22,24,25)(H2,33,34,35);;;;/q;4*+1/t10?,11-,13?,14+,15?,16?,20?,21-;;;;/m1..../s1. The molecule has 2 saturated heterocycles. The number of nitrogens with zero attached hydrogens (tertiary/aromatic N) is 5. The molecule has 0 bridgehead atoms. The number of primary amides is 1. The molecule has 2 aromatic heterocycles. The minimum atomic E-state index is -5.52. The van der Waals surface area contributed by atoms with Crippen molar-refractivity contribution in [2.75, 3.05) is 18.9 Å². The Morgan fingerprint density at radius 3 is 2.04 bits per heavy atom. The first-order valence-electron chi connectivity index (χ1n) is 13.5. The molecule has 11 N–H and O–H groups in total. The monoisotopic (exact) mass is 837 g/mol. The van der Waals surface area contributed by atoms with Gasteiger partial charge < -0.3 is 60.7 Å². The van der Waals surface area contributed by atoms with Crippen molar-refractivity contribution < 1.29 is 199 Å². The van der Waals surface area contributed by atoms with Crippen LogP contribution in [0.5, 0.6) is 0 Å². The Balaban J connectivity index is 0.00000338. The fourth-order valence-electron chi connectivity index (χ4n) is 4.93. The summed E-state index contributed by atoms with van der Waals surface area (Å²) in [6.07, 6.45) is -6.47. The SMILES string of the molecule is NC(=O)C1=CN(C2OC(COP(=O)(O)OP(=O)(O)OC[C@H]3O[C@@H](n4cnc5c(N)ncnc54)C(OP(=O)(O)O)[C@H]3O)C(O)C2O)C=CC1.[Na+].[Na+].[Na+].[Na+]. The van der Waals surface area contributed by atoms with Crippen LogP contribution in [0.2, 0.25) is 0 Å². The van der Waals surface area contributed by atoms with Crippen molar-refractivity contribution in [3.8, 4) is 0 Å². The zero-order chi connectivity index (χ0) is 35.2. The van der Waals surface area contributed by atoms with Gasteiger partial charge >= 0.3 is 142 Å². The van der Waals surface area contributed by atoms with Crippen LogP contribution in [0.4, 0.5) is 5.82 Å². The molecular formula is C21H30N7Na4O17P3+4. The van der Waals surface area contributed by atoms with Gasteiger partial charge in [0.05, 0.1) is 19.5 Å². The van der Waals surface area contributed by atoms with E-state index in [1.54, 1.807) is 0 Å². The van der Waals surface area contributed by atoms with E-state index in [4.69, 9.17) is 30.0 Å². The summed E-state index contributed by atoms with van der Waals surface area (Å²) in [7, 11) is -16.3. The van der Waals surface area contributed by atoms with Gasteiger partial charge in [-0.15, -0.1) is 0 Å². The number of aromatic nitrogens is 4. The van der Waals surface area contributed by atoms with Gasteiger partial charge in [0.25, 0.3) is 0 Å². The number of amides is 1. The number of rotatable bonds is 13. The van der Waals surface area contributed by atoms with Gasteiger partial charge in [-0.3, -0.25) is 22.9 Å². The molecule has 0 spiro atoms. The van der Waals surface area contributed by atoms with E-state index in [2.05, 4.69) is 23.8 Å². The molecule has 266 valence electrons. The molecule has 5 rings (SSSR count). The molecule has 0 saturated carbocycles. The number of carbonyl (C=O) groups excluding carboxylic acids is 1. The van der Waals surface area contributed by atoms with Crippen molar-refractivity contribution in [3.05, 3.63) is 36.7 Å². The summed E-state index contributed by atoms with van der Waals surface area (Å²) in [5.41, 5.74) is 11.3. The summed E-state index contributed by atoms with van der Waals surface area (Å²) in [6, 6.07) is 0. The van der Waals surface area contributed by atoms with Crippen molar-refractivity contribution >= 4 is 46.4 Å². The first kappa shape index (κ1) is 51.3. The molecule has 24 nitrogen and oxygen atoms in total. The molecule has 52 heavy (non-hydrogen) atoms. The Kier molecular flexibility index (Phi) is 20.5. The Bertz CT molecular complexity index is 1760. The van der Waals surface area contributed by atoms with Crippen molar-refractivity contribution in [1.29, 1.82) is 0 Å². The molecular weight excluding hydrogens is 807 g/mol. The second kappa shape index (κ2) is 20.8. The van der Waals surface area contributed by atoms with Crippen LogP contribution in [-0.2, 0) is 45.8 Å². The van der Waals surface area contributed by atoms with Gasteiger partial charge in [-0.05, 0) is 6.42 Å². The van der Waals surface area contributed by atoms with E-state index >= 15 is 0 Å². The van der Waals surface area contributed by atoms with E-state index in [0.29, 0.717) is 0 Å². The maximum atomic E-state index is 12.6. The molecule has 0 radical (unpaired) electrons. The number of carbonyl (C=O) groups is 1. The van der Waals surface area contributed by atoms with Crippen LogP contribution < -0.4 is 130 Å². The van der Waals surface area contributed by atoms with Crippen molar-refractivity contribution in [3.63, 3.8) is 0 Å². The predicted molar refractivity (Wildman–Crippen MR) is 153 cm³/mol. The normalized spacial score (nSPS) is 29.4. The molecule has 0 aliphatic carbocycles. The molecule has 10 atom stereocenters. The van der Waals surface area contributed by atoms with Crippen molar-refractivity contribution in [1.82, 2.24) is 24.4 Å². The molecule has 5 heterocycles. The number of phosphoric ester groups is 3. The topological polar surface area (TPSA) is 364 Å². The number of anilines is 1. The molecule has 3 aliphatic heterocycles. The van der Waals surface area contributed by atoms with Gasteiger partial charge in [-0.25, -0.2) is 28.6 Å². The quantitative estimate of drug-likeness (QED) is 0.0668. The van der Waals surface area contributed by atoms with Gasteiger partial charge in [0.2, 0.25) is 5.91 Å². The van der Waals surface area contributed by atoms with Gasteiger partial charge in [-0.1, -0.05) is 6.08 Å². The van der Waals surface area contributed by atoms with Crippen LogP contribution in [-0.4, -0.2) is 121 Å². The number of fused-ring (bicyclic) bond motifs is 1. The van der Waals surface area contributed by atoms with Crippen LogP contribution in [0.1, 0.15) is 12.6 Å². The molecule has 3 aliphatic rings. The Morgan fingerprint density at radius 2 is 1.46 bits per heavy atom. The number of nitrogen functional groups attached to an aromatic ring is 1. The van der Waals surface area contributed by atoms with E-state index in [1.165, 1.54) is 23.4 Å². The van der Waals surface area contributed by atoms with Crippen LogP contribution >= 0.6 is 23.5 Å². The number of hydrogen-bond acceptors (Lipinski definition) is 18. The largest absolute Gasteiger partial charge is 1.00 e. The molecule has 31 heteroatoms. The number of phosphoric acid groups is 3. The number of allylic oxidation sites excluding steroid dienone is 1. The number of hydrogen-bond donors (Lipinski definition) is 9. The van der Waals surface area contributed by atoms with Gasteiger partial charge in [0, 0.05) is 18.0 Å². The number of aliphatic hydroxyl groups excluding tert-OH is 3. The molecule has 2 aromatic rings. The third-order valence-electron chi connectivity index (χ3n) is 7.11. The van der Waals surface area contributed by atoms with E-state index in [9.17, 15) is 53.4 Å². The number of nitrogens with two attached hydrogens (primary N) is 2. The number of aliphatic hydroxyl groups is 3. The molecule has 1 amide bonds. The minimum Gasteiger partial charge on any atom is -0.387 e. The first-order chi connectivity index (χ1) is 22.4. The average Bonchev–Trinajstić information content (AvgIpc) is 3.64. The summed E-state index contributed by atoms with van der Waals surface area (Å²) in [5, 5.41) is 31.5. The third kappa shape index (κ3) is 12.6. The summed E-state index contributed by atoms with van der Waals surface area (Å²) < 4.78 is 67.2.